The topological polar surface area (TPSA) is 44.3 Å². The summed E-state index contributed by atoms with van der Waals surface area (Å²) in [7, 11) is 0. The molecule has 2 saturated heterocycles. The molecule has 1 aromatic rings. The average molecular weight is 287 g/mol. The number of anilines is 1. The van der Waals surface area contributed by atoms with Gasteiger partial charge in [-0.3, -0.25) is 9.88 Å². The van der Waals surface area contributed by atoms with Crippen molar-refractivity contribution in [2.24, 2.45) is 0 Å². The second-order valence-corrected chi connectivity index (χ2v) is 6.65. The third-order valence-electron chi connectivity index (χ3n) is 4.97. The first-order chi connectivity index (χ1) is 10.4. The second kappa shape index (κ2) is 5.89. The molecular weight excluding hydrogens is 262 g/mol. The van der Waals surface area contributed by atoms with Crippen molar-refractivity contribution in [1.82, 2.24) is 20.2 Å². The Morgan fingerprint density at radius 3 is 2.76 bits per heavy atom. The zero-order chi connectivity index (χ0) is 14.1. The van der Waals surface area contributed by atoms with Crippen LogP contribution in [0, 0.1) is 0 Å². The van der Waals surface area contributed by atoms with Gasteiger partial charge in [-0.1, -0.05) is 0 Å². The fourth-order valence-electron chi connectivity index (χ4n) is 3.55. The number of fused-ring (bicyclic) bond motifs is 1. The lowest BCUT2D eigenvalue weighted by Crippen LogP contribution is -2.37. The average Bonchev–Trinajstić information content (AvgIpc) is 3.29. The first-order valence-electron chi connectivity index (χ1n) is 8.42. The molecule has 1 saturated carbocycles. The van der Waals surface area contributed by atoms with Gasteiger partial charge >= 0.3 is 0 Å². The fraction of sp³-hybridized carbons (Fsp3) is 0.750. The summed E-state index contributed by atoms with van der Waals surface area (Å²) in [5.74, 6) is 1.05. The first kappa shape index (κ1) is 13.5. The van der Waals surface area contributed by atoms with Crippen molar-refractivity contribution in [3.63, 3.8) is 0 Å². The van der Waals surface area contributed by atoms with Gasteiger partial charge < -0.3 is 10.2 Å². The van der Waals surface area contributed by atoms with Crippen LogP contribution in [0.2, 0.25) is 0 Å². The summed E-state index contributed by atoms with van der Waals surface area (Å²) < 4.78 is 0. The minimum absolute atomic E-state index is 0.727. The van der Waals surface area contributed by atoms with E-state index in [4.69, 9.17) is 0 Å². The fourth-order valence-corrected chi connectivity index (χ4v) is 3.55. The number of hydrogen-bond donors (Lipinski definition) is 1. The van der Waals surface area contributed by atoms with Crippen LogP contribution in [0.3, 0.4) is 0 Å². The van der Waals surface area contributed by atoms with Gasteiger partial charge in [0.25, 0.3) is 0 Å². The molecule has 5 nitrogen and oxygen atoms in total. The van der Waals surface area contributed by atoms with Crippen LogP contribution in [-0.4, -0.2) is 53.1 Å². The molecule has 1 atom stereocenters. The van der Waals surface area contributed by atoms with Crippen molar-refractivity contribution in [2.45, 2.75) is 50.7 Å². The van der Waals surface area contributed by atoms with Gasteiger partial charge in [0.05, 0.1) is 18.1 Å². The van der Waals surface area contributed by atoms with Crippen LogP contribution in [0.4, 0.5) is 5.82 Å². The Morgan fingerprint density at radius 1 is 1.05 bits per heavy atom. The standard InChI is InChI=1S/C16H25N5/c1-3-15-12-21(8-2-7-20(15)6-1)16-11-18-14(10-19-16)9-17-13-4-5-13/h10-11,13,15,17H,1-9,12H2. The van der Waals surface area contributed by atoms with E-state index in [9.17, 15) is 0 Å². The van der Waals surface area contributed by atoms with Crippen LogP contribution in [0.15, 0.2) is 12.4 Å². The van der Waals surface area contributed by atoms with E-state index in [0.29, 0.717) is 0 Å². The number of rotatable bonds is 4. The summed E-state index contributed by atoms with van der Waals surface area (Å²) in [6.07, 6.45) is 10.5. The molecule has 1 aromatic heterocycles. The maximum Gasteiger partial charge on any atom is 0.147 e. The third kappa shape index (κ3) is 3.19. The Morgan fingerprint density at radius 2 is 1.95 bits per heavy atom. The van der Waals surface area contributed by atoms with Crippen LogP contribution in [0.1, 0.15) is 37.8 Å². The molecule has 1 unspecified atom stereocenters. The molecule has 114 valence electrons. The van der Waals surface area contributed by atoms with E-state index in [0.717, 1.165) is 43.2 Å². The lowest BCUT2D eigenvalue weighted by atomic mass is 10.2. The molecule has 0 spiro atoms. The molecule has 3 aliphatic rings. The monoisotopic (exact) mass is 287 g/mol. The van der Waals surface area contributed by atoms with Crippen LogP contribution in [0.25, 0.3) is 0 Å². The van der Waals surface area contributed by atoms with Crippen molar-refractivity contribution in [3.8, 4) is 0 Å². The van der Waals surface area contributed by atoms with E-state index >= 15 is 0 Å². The van der Waals surface area contributed by atoms with Gasteiger partial charge in [-0.15, -0.1) is 0 Å². The summed E-state index contributed by atoms with van der Waals surface area (Å²) in [4.78, 5) is 14.3. The van der Waals surface area contributed by atoms with Crippen molar-refractivity contribution in [2.75, 3.05) is 31.1 Å². The second-order valence-electron chi connectivity index (χ2n) is 6.65. The molecule has 2 aliphatic heterocycles. The molecule has 0 bridgehead atoms. The van der Waals surface area contributed by atoms with Gasteiger partial charge in [-0.25, -0.2) is 4.98 Å². The van der Waals surface area contributed by atoms with Crippen molar-refractivity contribution in [3.05, 3.63) is 18.1 Å². The first-order valence-corrected chi connectivity index (χ1v) is 8.42. The van der Waals surface area contributed by atoms with Gasteiger partial charge in [0.1, 0.15) is 5.82 Å². The molecule has 3 fully saturated rings. The van der Waals surface area contributed by atoms with Gasteiger partial charge in [-0.2, -0.15) is 0 Å². The molecule has 21 heavy (non-hydrogen) atoms. The molecule has 5 heteroatoms. The molecule has 1 aliphatic carbocycles. The van der Waals surface area contributed by atoms with E-state index in [1.807, 2.05) is 12.4 Å². The van der Waals surface area contributed by atoms with Gasteiger partial charge in [0.15, 0.2) is 0 Å². The summed E-state index contributed by atoms with van der Waals surface area (Å²) >= 11 is 0. The minimum atomic E-state index is 0.727. The molecule has 0 radical (unpaired) electrons. The quantitative estimate of drug-likeness (QED) is 0.907. The normalized spacial score (nSPS) is 26.7. The Balaban J connectivity index is 1.39. The molecular formula is C16H25N5. The zero-order valence-electron chi connectivity index (χ0n) is 12.7. The van der Waals surface area contributed by atoms with Crippen LogP contribution < -0.4 is 10.2 Å². The lowest BCUT2D eigenvalue weighted by Gasteiger charge is -2.26. The lowest BCUT2D eigenvalue weighted by molar-refractivity contribution is 0.273. The number of nitrogens with zero attached hydrogens (tertiary/aromatic N) is 4. The highest BCUT2D eigenvalue weighted by atomic mass is 15.3. The summed E-state index contributed by atoms with van der Waals surface area (Å²) in [5, 5.41) is 3.49. The number of aromatic nitrogens is 2. The molecule has 0 amide bonds. The molecule has 0 aromatic carbocycles. The van der Waals surface area contributed by atoms with E-state index in [2.05, 4.69) is 25.1 Å². The predicted octanol–water partition coefficient (Wildman–Crippen LogP) is 1.40. The molecule has 1 N–H and O–H groups in total. The predicted molar refractivity (Wildman–Crippen MR) is 83.3 cm³/mol. The summed E-state index contributed by atoms with van der Waals surface area (Å²) in [5.41, 5.74) is 1.06. The van der Waals surface area contributed by atoms with Crippen molar-refractivity contribution >= 4 is 5.82 Å². The highest BCUT2D eigenvalue weighted by molar-refractivity contribution is 5.36. The number of hydrogen-bond acceptors (Lipinski definition) is 5. The van der Waals surface area contributed by atoms with Crippen LogP contribution in [0.5, 0.6) is 0 Å². The third-order valence-corrected chi connectivity index (χ3v) is 4.97. The maximum atomic E-state index is 4.66. The van der Waals surface area contributed by atoms with Gasteiger partial charge in [0.2, 0.25) is 0 Å². The SMILES string of the molecule is c1nc(N2CCCN3CCCC3C2)cnc1CNC1CC1. The zero-order valence-corrected chi connectivity index (χ0v) is 12.7. The highest BCUT2D eigenvalue weighted by Crippen LogP contribution is 2.24. The Bertz CT molecular complexity index is 470. The highest BCUT2D eigenvalue weighted by Gasteiger charge is 2.29. The van der Waals surface area contributed by atoms with E-state index < -0.39 is 0 Å². The van der Waals surface area contributed by atoms with Crippen LogP contribution in [-0.2, 0) is 6.54 Å². The smallest absolute Gasteiger partial charge is 0.147 e. The Hall–Kier alpha value is -1.20. The minimum Gasteiger partial charge on any atom is -0.354 e. The maximum absolute atomic E-state index is 4.66. The Kier molecular flexibility index (Phi) is 3.78. The number of nitrogens with one attached hydrogen (secondary N) is 1. The Labute approximate surface area is 126 Å². The van der Waals surface area contributed by atoms with Crippen LogP contribution >= 0.6 is 0 Å². The van der Waals surface area contributed by atoms with Gasteiger partial charge in [-0.05, 0) is 38.6 Å². The summed E-state index contributed by atoms with van der Waals surface area (Å²) in [6, 6.07) is 1.45. The molecule has 3 heterocycles. The van der Waals surface area contributed by atoms with Gasteiger partial charge in [0, 0.05) is 38.3 Å². The van der Waals surface area contributed by atoms with E-state index in [1.54, 1.807) is 0 Å². The summed E-state index contributed by atoms with van der Waals surface area (Å²) in [6.45, 7) is 5.62. The largest absolute Gasteiger partial charge is 0.354 e. The van der Waals surface area contributed by atoms with Crippen molar-refractivity contribution in [1.29, 1.82) is 0 Å². The molecule has 4 rings (SSSR count). The van der Waals surface area contributed by atoms with E-state index in [-0.39, 0.29) is 0 Å². The van der Waals surface area contributed by atoms with E-state index in [1.165, 1.54) is 45.2 Å². The van der Waals surface area contributed by atoms with Crippen molar-refractivity contribution < 1.29 is 0 Å².